The molecule has 0 N–H and O–H groups in total. The van der Waals surface area contributed by atoms with Crippen LogP contribution in [0.1, 0.15) is 19.3 Å². The van der Waals surface area contributed by atoms with Gasteiger partial charge in [0, 0.05) is 5.41 Å². The van der Waals surface area contributed by atoms with Gasteiger partial charge in [-0.15, -0.1) is 0 Å². The zero-order valence-corrected chi connectivity index (χ0v) is 13.1. The maximum atomic E-state index is 13.6. The van der Waals surface area contributed by atoms with Gasteiger partial charge >= 0.3 is 76.4 Å². The van der Waals surface area contributed by atoms with Gasteiger partial charge in [-0.1, -0.05) is 24.6 Å². The molecule has 3 aliphatic rings. The summed E-state index contributed by atoms with van der Waals surface area (Å²) in [6, 6.07) is 0. The van der Waals surface area contributed by atoms with Gasteiger partial charge in [-0.3, -0.25) is 0 Å². The predicted octanol–water partition coefficient (Wildman–Crippen LogP) is 1.59. The van der Waals surface area contributed by atoms with Gasteiger partial charge in [-0.05, 0) is 0 Å². The fourth-order valence-corrected chi connectivity index (χ4v) is 3.34. The first-order valence-electron chi connectivity index (χ1n) is 5.14. The molecule has 0 unspecified atom stereocenters. The van der Waals surface area contributed by atoms with E-state index in [9.17, 15) is 43.7 Å². The average molecular weight is 342 g/mol. The van der Waals surface area contributed by atoms with Gasteiger partial charge in [0.25, 0.3) is 0 Å². The Kier molecular flexibility index (Phi) is 4.30. The molecular weight excluding hydrogens is 336 g/mol. The average Bonchev–Trinajstić information content (AvgIpc) is 1.89. The van der Waals surface area contributed by atoms with Crippen molar-refractivity contribution in [3.05, 3.63) is 0 Å². The normalized spacial score (nSPS) is 33.9. The minimum absolute atomic E-state index is 0. The standard InChI is InChI=1S/C8H6BF10.K/c10-6(7(11,12)13,8(14,15)16)4-1-5(2-4,3-4)9(17,18)19;/h1-3H2;/q-1;+1. The van der Waals surface area contributed by atoms with Crippen LogP contribution in [0.25, 0.3) is 0 Å². The molecule has 20 heavy (non-hydrogen) atoms. The van der Waals surface area contributed by atoms with Crippen LogP contribution >= 0.6 is 0 Å². The van der Waals surface area contributed by atoms with Crippen molar-refractivity contribution < 1.29 is 95.1 Å². The summed E-state index contributed by atoms with van der Waals surface area (Å²) in [7, 11) is 0. The van der Waals surface area contributed by atoms with Gasteiger partial charge in [-0.25, -0.2) is 4.39 Å². The summed E-state index contributed by atoms with van der Waals surface area (Å²) in [5.41, 5.74) is -8.59. The monoisotopic (exact) mass is 342 g/mol. The van der Waals surface area contributed by atoms with Crippen molar-refractivity contribution in [3.63, 3.8) is 0 Å². The summed E-state index contributed by atoms with van der Waals surface area (Å²) in [6.45, 7) is -5.57. The van der Waals surface area contributed by atoms with Crippen molar-refractivity contribution in [1.82, 2.24) is 0 Å². The van der Waals surface area contributed by atoms with E-state index in [1.807, 2.05) is 0 Å². The van der Waals surface area contributed by atoms with Gasteiger partial charge in [0.05, 0.1) is 0 Å². The van der Waals surface area contributed by atoms with Crippen LogP contribution in [-0.2, 0) is 0 Å². The molecule has 0 amide bonds. The van der Waals surface area contributed by atoms with E-state index < -0.39 is 55.0 Å². The molecule has 0 heterocycles. The Bertz CT molecular complexity index is 373. The zero-order valence-electron chi connectivity index (χ0n) is 9.98. The first-order chi connectivity index (χ1) is 8.12. The molecule has 0 spiro atoms. The molecule has 0 aliphatic heterocycles. The molecule has 0 saturated heterocycles. The Labute approximate surface area is 149 Å². The summed E-state index contributed by atoms with van der Waals surface area (Å²) in [5, 5.41) is -2.52. The van der Waals surface area contributed by atoms with E-state index in [-0.39, 0.29) is 51.4 Å². The Hall–Kier alpha value is 1.00. The zero-order chi connectivity index (χ0) is 15.1. The van der Waals surface area contributed by atoms with Crippen LogP contribution in [-0.4, -0.2) is 25.0 Å². The van der Waals surface area contributed by atoms with Gasteiger partial charge in [0.15, 0.2) is 0 Å². The van der Waals surface area contributed by atoms with E-state index in [0.717, 1.165) is 0 Å². The molecule has 2 bridgehead atoms. The fourth-order valence-electron chi connectivity index (χ4n) is 3.34. The predicted molar refractivity (Wildman–Crippen MR) is 44.0 cm³/mol. The molecule has 0 aromatic heterocycles. The molecule has 0 aromatic rings. The molecule has 0 nitrogen and oxygen atoms in total. The quantitative estimate of drug-likeness (QED) is 0.528. The molecule has 0 aromatic carbocycles. The number of alkyl halides is 7. The van der Waals surface area contributed by atoms with Crippen molar-refractivity contribution in [3.8, 4) is 0 Å². The van der Waals surface area contributed by atoms with E-state index in [1.54, 1.807) is 0 Å². The Morgan fingerprint density at radius 3 is 1.20 bits per heavy atom. The first kappa shape index (κ1) is 19.0. The van der Waals surface area contributed by atoms with Crippen molar-refractivity contribution in [1.29, 1.82) is 0 Å². The summed E-state index contributed by atoms with van der Waals surface area (Å²) in [5.74, 6) is 0. The van der Waals surface area contributed by atoms with Crippen molar-refractivity contribution in [2.45, 2.75) is 42.6 Å². The third-order valence-corrected chi connectivity index (χ3v) is 4.28. The van der Waals surface area contributed by atoms with Crippen LogP contribution in [0.4, 0.5) is 43.7 Å². The largest absolute Gasteiger partial charge is 1.00 e. The van der Waals surface area contributed by atoms with E-state index >= 15 is 0 Å². The Morgan fingerprint density at radius 1 is 0.700 bits per heavy atom. The second kappa shape index (κ2) is 4.51. The van der Waals surface area contributed by atoms with Gasteiger partial charge in [0.2, 0.25) is 0 Å². The Morgan fingerprint density at radius 2 is 1.00 bits per heavy atom. The van der Waals surface area contributed by atoms with Crippen LogP contribution in [0.15, 0.2) is 0 Å². The summed E-state index contributed by atoms with van der Waals surface area (Å²) in [4.78, 5) is 0. The van der Waals surface area contributed by atoms with Crippen molar-refractivity contribution in [2.75, 3.05) is 0 Å². The molecule has 3 aliphatic carbocycles. The Balaban J connectivity index is 0.00000200. The third kappa shape index (κ3) is 2.04. The van der Waals surface area contributed by atoms with Crippen LogP contribution in [0, 0.1) is 5.41 Å². The van der Waals surface area contributed by atoms with E-state index in [2.05, 4.69) is 0 Å². The molecule has 0 radical (unpaired) electrons. The van der Waals surface area contributed by atoms with E-state index in [0.29, 0.717) is 0 Å². The van der Waals surface area contributed by atoms with Gasteiger partial charge in [-0.2, -0.15) is 26.3 Å². The van der Waals surface area contributed by atoms with Gasteiger partial charge in [0.1, 0.15) is 0 Å². The van der Waals surface area contributed by atoms with E-state index in [1.165, 1.54) is 0 Å². The molecular formula is C8H6BF10K. The van der Waals surface area contributed by atoms with E-state index in [4.69, 9.17) is 0 Å². The maximum absolute atomic E-state index is 13.6. The second-order valence-electron chi connectivity index (χ2n) is 5.40. The fraction of sp³-hybridized carbons (Fsp3) is 1.00. The van der Waals surface area contributed by atoms with Crippen LogP contribution < -0.4 is 51.4 Å². The third-order valence-electron chi connectivity index (χ3n) is 4.28. The van der Waals surface area contributed by atoms with Crippen LogP contribution in [0.5, 0.6) is 0 Å². The summed E-state index contributed by atoms with van der Waals surface area (Å²) >= 11 is 0. The second-order valence-corrected chi connectivity index (χ2v) is 5.40. The van der Waals surface area contributed by atoms with Crippen molar-refractivity contribution >= 4 is 6.98 Å². The maximum Gasteiger partial charge on any atom is 1.00 e. The SMILES string of the molecule is F[B-](F)(F)C12CC(C(F)(C(F)(F)F)C(F)(F)F)(C1)C2.[K+]. The number of hydrogen-bond acceptors (Lipinski definition) is 0. The minimum atomic E-state index is -6.28. The van der Waals surface area contributed by atoms with Crippen LogP contribution in [0.2, 0.25) is 5.31 Å². The first-order valence-corrected chi connectivity index (χ1v) is 5.14. The summed E-state index contributed by atoms with van der Waals surface area (Å²) < 4.78 is 125. The molecule has 12 heteroatoms. The molecule has 0 atom stereocenters. The number of halogens is 10. The number of rotatable bonds is 2. The molecule has 3 rings (SSSR count). The smallest absolute Gasteiger partial charge is 0.449 e. The van der Waals surface area contributed by atoms with Gasteiger partial charge < -0.3 is 12.9 Å². The van der Waals surface area contributed by atoms with Crippen LogP contribution in [0.3, 0.4) is 0 Å². The van der Waals surface area contributed by atoms with Crippen molar-refractivity contribution in [2.24, 2.45) is 5.41 Å². The molecule has 3 saturated carbocycles. The molecule has 112 valence electrons. The minimum Gasteiger partial charge on any atom is -0.449 e. The topological polar surface area (TPSA) is 0 Å². The molecule has 3 fully saturated rings. The summed E-state index contributed by atoms with van der Waals surface area (Å²) in [6.07, 6.45) is -16.9. The number of hydrogen-bond donors (Lipinski definition) is 0.